The van der Waals surface area contributed by atoms with Crippen LogP contribution < -0.4 is 0 Å². The predicted octanol–water partition coefficient (Wildman–Crippen LogP) is 14.4. The van der Waals surface area contributed by atoms with Crippen molar-refractivity contribution in [3.8, 4) is 67.7 Å². The van der Waals surface area contributed by atoms with Gasteiger partial charge in [0.15, 0.2) is 5.82 Å². The highest BCUT2D eigenvalue weighted by Gasteiger charge is 2.20. The third kappa shape index (κ3) is 5.90. The molecule has 0 N–H and O–H groups in total. The number of nitrogens with zero attached hydrogens (tertiary/aromatic N) is 5. The molecule has 0 aliphatic rings. The molecule has 4 heterocycles. The Hall–Kier alpha value is -8.41. The van der Waals surface area contributed by atoms with Crippen molar-refractivity contribution < 1.29 is 0 Å². The summed E-state index contributed by atoms with van der Waals surface area (Å²) in [4.78, 5) is 15.4. The first-order valence-electron chi connectivity index (χ1n) is 20.9. The van der Waals surface area contributed by atoms with Crippen LogP contribution in [-0.2, 0) is 0 Å². The molecule has 0 saturated carbocycles. The summed E-state index contributed by atoms with van der Waals surface area (Å²) in [6.07, 6.45) is 1.86. The fourth-order valence-corrected chi connectivity index (χ4v) is 9.21. The fraction of sp³-hybridized carbons (Fsp3) is 0. The zero-order valence-electron chi connectivity index (χ0n) is 33.6. The van der Waals surface area contributed by atoms with Crippen molar-refractivity contribution in [3.63, 3.8) is 0 Å². The average molecular weight is 792 g/mol. The number of para-hydroxylation sites is 3. The monoisotopic (exact) mass is 791 g/mol. The van der Waals surface area contributed by atoms with Crippen LogP contribution in [0, 0.1) is 0 Å². The number of hydrogen-bond acceptors (Lipinski definition) is 3. The molecule has 0 aliphatic heterocycles. The van der Waals surface area contributed by atoms with Crippen molar-refractivity contribution in [2.75, 3.05) is 0 Å². The van der Waals surface area contributed by atoms with Crippen molar-refractivity contribution >= 4 is 43.6 Å². The number of rotatable bonds is 7. The molecule has 8 aromatic carbocycles. The van der Waals surface area contributed by atoms with Crippen LogP contribution in [-0.4, -0.2) is 24.1 Å². The van der Waals surface area contributed by atoms with Gasteiger partial charge in [-0.2, -0.15) is 0 Å². The molecule has 12 aromatic rings. The minimum atomic E-state index is 0.629. The zero-order valence-corrected chi connectivity index (χ0v) is 33.6. The normalized spacial score (nSPS) is 11.5. The molecule has 0 fully saturated rings. The van der Waals surface area contributed by atoms with Crippen LogP contribution in [0.4, 0.5) is 0 Å². The summed E-state index contributed by atoms with van der Waals surface area (Å²) in [5, 5.41) is 4.88. The lowest BCUT2D eigenvalue weighted by Gasteiger charge is -2.15. The van der Waals surface area contributed by atoms with E-state index in [1.807, 2.05) is 48.7 Å². The summed E-state index contributed by atoms with van der Waals surface area (Å²) in [7, 11) is 0. The first-order valence-corrected chi connectivity index (χ1v) is 20.9. The second-order valence-corrected chi connectivity index (χ2v) is 15.6. The molecular weight excluding hydrogens is 755 g/mol. The molecule has 4 aromatic heterocycles. The molecule has 5 heteroatoms. The highest BCUT2D eigenvalue weighted by molar-refractivity contribution is 6.11. The fourth-order valence-electron chi connectivity index (χ4n) is 9.21. The number of benzene rings is 8. The lowest BCUT2D eigenvalue weighted by atomic mass is 9.94. The van der Waals surface area contributed by atoms with Gasteiger partial charge in [-0.05, 0) is 77.9 Å². The molecule has 290 valence electrons. The molecule has 0 atom stereocenters. The summed E-state index contributed by atoms with van der Waals surface area (Å²) in [6.45, 7) is 0. The van der Waals surface area contributed by atoms with E-state index in [4.69, 9.17) is 15.0 Å². The van der Waals surface area contributed by atoms with Crippen LogP contribution >= 0.6 is 0 Å². The first-order chi connectivity index (χ1) is 30.8. The summed E-state index contributed by atoms with van der Waals surface area (Å²) >= 11 is 0. The van der Waals surface area contributed by atoms with Crippen LogP contribution in [0.5, 0.6) is 0 Å². The molecule has 62 heavy (non-hydrogen) atoms. The lowest BCUT2D eigenvalue weighted by molar-refractivity contribution is 1.13. The Morgan fingerprint density at radius 2 is 0.790 bits per heavy atom. The lowest BCUT2D eigenvalue weighted by Crippen LogP contribution is -1.99. The van der Waals surface area contributed by atoms with Crippen LogP contribution in [0.15, 0.2) is 225 Å². The number of hydrogen-bond donors (Lipinski definition) is 0. The second-order valence-electron chi connectivity index (χ2n) is 15.6. The van der Waals surface area contributed by atoms with Gasteiger partial charge in [0, 0.05) is 61.4 Å². The summed E-state index contributed by atoms with van der Waals surface area (Å²) in [5.41, 5.74) is 15.6. The van der Waals surface area contributed by atoms with E-state index in [2.05, 4.69) is 185 Å². The van der Waals surface area contributed by atoms with E-state index < -0.39 is 0 Å². The zero-order chi connectivity index (χ0) is 41.0. The summed E-state index contributed by atoms with van der Waals surface area (Å²) in [6, 6.07) is 77.1. The Balaban J connectivity index is 1.00. The molecule has 12 rings (SSSR count). The largest absolute Gasteiger partial charge is 0.309 e. The molecule has 0 spiro atoms. The van der Waals surface area contributed by atoms with E-state index in [1.54, 1.807) is 0 Å². The van der Waals surface area contributed by atoms with Crippen molar-refractivity contribution in [3.05, 3.63) is 225 Å². The minimum absolute atomic E-state index is 0.629. The Morgan fingerprint density at radius 1 is 0.306 bits per heavy atom. The van der Waals surface area contributed by atoms with Gasteiger partial charge in [0.25, 0.3) is 0 Å². The highest BCUT2D eigenvalue weighted by atomic mass is 15.0. The van der Waals surface area contributed by atoms with E-state index in [1.165, 1.54) is 32.6 Å². The maximum absolute atomic E-state index is 5.19. The minimum Gasteiger partial charge on any atom is -0.309 e. The van der Waals surface area contributed by atoms with E-state index in [0.717, 1.165) is 72.9 Å². The van der Waals surface area contributed by atoms with Gasteiger partial charge in [-0.25, -0.2) is 9.97 Å². The second kappa shape index (κ2) is 14.7. The van der Waals surface area contributed by atoms with Gasteiger partial charge in [0.1, 0.15) is 0 Å². The molecule has 0 unspecified atom stereocenters. The quantitative estimate of drug-likeness (QED) is 0.162. The number of aromatic nitrogens is 5. The van der Waals surface area contributed by atoms with Gasteiger partial charge in [-0.1, -0.05) is 152 Å². The molecule has 5 nitrogen and oxygen atoms in total. The van der Waals surface area contributed by atoms with Gasteiger partial charge in [0.05, 0.1) is 39.1 Å². The Morgan fingerprint density at radius 3 is 1.39 bits per heavy atom. The van der Waals surface area contributed by atoms with E-state index in [0.29, 0.717) is 5.82 Å². The standard InChI is InChI=1S/C57H37N5/c1-3-17-38(18-4-1)50-37-51(39-19-5-2-6-20-39)60-57(59-50)48-28-16-34-58-56(48)47-27-8-7-23-43(47)40-32-33-55-49(35-40)46-26-11-14-31-54(46)62(55)42-22-15-21-41(36-42)61-52-29-12-9-24-44(52)45-25-10-13-30-53(45)61/h1-37H. The Bertz CT molecular complexity index is 3530. The van der Waals surface area contributed by atoms with Gasteiger partial charge < -0.3 is 9.13 Å². The topological polar surface area (TPSA) is 48.5 Å². The molecule has 0 aliphatic carbocycles. The summed E-state index contributed by atoms with van der Waals surface area (Å²) < 4.78 is 4.78. The van der Waals surface area contributed by atoms with Crippen molar-refractivity contribution in [1.82, 2.24) is 24.1 Å². The van der Waals surface area contributed by atoms with E-state index in [-0.39, 0.29) is 0 Å². The van der Waals surface area contributed by atoms with Crippen LogP contribution in [0.3, 0.4) is 0 Å². The van der Waals surface area contributed by atoms with Crippen molar-refractivity contribution in [2.45, 2.75) is 0 Å². The maximum atomic E-state index is 5.19. The predicted molar refractivity (Wildman–Crippen MR) is 256 cm³/mol. The van der Waals surface area contributed by atoms with E-state index in [9.17, 15) is 0 Å². The number of pyridine rings is 1. The van der Waals surface area contributed by atoms with Gasteiger partial charge >= 0.3 is 0 Å². The first kappa shape index (κ1) is 35.5. The van der Waals surface area contributed by atoms with Crippen LogP contribution in [0.1, 0.15) is 0 Å². The SMILES string of the molecule is c1ccc(-c2cc(-c3ccccc3)nc(-c3cccnc3-c3ccccc3-c3ccc4c(c3)c3ccccc3n4-c3cccc(-n4c5ccccc5c5ccccc54)c3)n2)cc1. The molecule has 0 saturated heterocycles. The molecule has 0 bridgehead atoms. The molecular formula is C57H37N5. The third-order valence-electron chi connectivity index (χ3n) is 12.0. The van der Waals surface area contributed by atoms with Gasteiger partial charge in [-0.3, -0.25) is 4.98 Å². The third-order valence-corrected chi connectivity index (χ3v) is 12.0. The molecule has 0 radical (unpaired) electrons. The number of fused-ring (bicyclic) bond motifs is 6. The Labute approximate surface area is 358 Å². The average Bonchev–Trinajstić information content (AvgIpc) is 3.87. The van der Waals surface area contributed by atoms with Gasteiger partial charge in [-0.15, -0.1) is 0 Å². The summed E-state index contributed by atoms with van der Waals surface area (Å²) in [5.74, 6) is 0.629. The maximum Gasteiger partial charge on any atom is 0.162 e. The van der Waals surface area contributed by atoms with Crippen LogP contribution in [0.2, 0.25) is 0 Å². The van der Waals surface area contributed by atoms with Gasteiger partial charge in [0.2, 0.25) is 0 Å². The molecule has 0 amide bonds. The van der Waals surface area contributed by atoms with E-state index >= 15 is 0 Å². The van der Waals surface area contributed by atoms with Crippen molar-refractivity contribution in [1.29, 1.82) is 0 Å². The Kier molecular flexibility index (Phi) is 8.42. The smallest absolute Gasteiger partial charge is 0.162 e. The highest BCUT2D eigenvalue weighted by Crippen LogP contribution is 2.41. The van der Waals surface area contributed by atoms with Crippen molar-refractivity contribution in [2.24, 2.45) is 0 Å². The van der Waals surface area contributed by atoms with Crippen LogP contribution in [0.25, 0.3) is 111 Å².